The van der Waals surface area contributed by atoms with Gasteiger partial charge in [-0.1, -0.05) is 135 Å². The van der Waals surface area contributed by atoms with Gasteiger partial charge < -0.3 is 0 Å². The number of hydrogen-bond donors (Lipinski definition) is 0. The first kappa shape index (κ1) is 28.1. The summed E-state index contributed by atoms with van der Waals surface area (Å²) in [6.07, 6.45) is 0. The van der Waals surface area contributed by atoms with Gasteiger partial charge in [0.05, 0.1) is 22.2 Å². The highest BCUT2D eigenvalue weighted by atomic mass is 15.2. The molecule has 0 atom stereocenters. The molecule has 4 heteroatoms. The van der Waals surface area contributed by atoms with Gasteiger partial charge in [0.25, 0.3) is 0 Å². The third-order valence-corrected chi connectivity index (χ3v) is 10.7. The summed E-state index contributed by atoms with van der Waals surface area (Å²) in [6.45, 7) is 4.72. The minimum Gasteiger partial charge on any atom is -0.278 e. The molecule has 0 radical (unpaired) electrons. The maximum Gasteiger partial charge on any atom is 0.235 e. The second-order valence-corrected chi connectivity index (χ2v) is 13.9. The quantitative estimate of drug-likeness (QED) is 0.183. The summed E-state index contributed by atoms with van der Waals surface area (Å²) < 4.78 is 2.25. The molecule has 1 aliphatic rings. The standard InChI is InChI=1S/C45H32BN3/c1-45(2)37-25-30(16-20-33(37)34-21-19-31(46)26-38(34)45)29-18-22-40-36(24-29)42-32-13-7-6-10-27(32)17-23-41(42)49(40)44-47-39-15-9-8-14-35(39)43(48-44)28-11-4-3-5-12-28/h3-26H,46H2,1-2H3. The molecular weight excluding hydrogens is 593 g/mol. The van der Waals surface area contributed by atoms with Crippen LogP contribution in [0.5, 0.6) is 0 Å². The van der Waals surface area contributed by atoms with Crippen molar-refractivity contribution < 1.29 is 0 Å². The predicted octanol–water partition coefficient (Wildman–Crippen LogP) is 9.78. The number of aromatic nitrogens is 3. The molecule has 0 fully saturated rings. The van der Waals surface area contributed by atoms with E-state index in [0.717, 1.165) is 33.2 Å². The molecule has 9 aromatic rings. The van der Waals surface area contributed by atoms with E-state index >= 15 is 0 Å². The molecule has 230 valence electrons. The third-order valence-electron chi connectivity index (χ3n) is 10.7. The summed E-state index contributed by atoms with van der Waals surface area (Å²) in [7, 11) is 2.19. The average Bonchev–Trinajstić information content (AvgIpc) is 3.59. The molecule has 0 aliphatic heterocycles. The number of para-hydroxylation sites is 1. The Morgan fingerprint density at radius 3 is 2.06 bits per heavy atom. The summed E-state index contributed by atoms with van der Waals surface area (Å²) in [5, 5.41) is 5.91. The Hall–Kier alpha value is -6.00. The molecule has 0 spiro atoms. The third kappa shape index (κ3) is 4.10. The number of fused-ring (bicyclic) bond motifs is 9. The van der Waals surface area contributed by atoms with Crippen molar-refractivity contribution in [1.82, 2.24) is 14.5 Å². The van der Waals surface area contributed by atoms with E-state index in [9.17, 15) is 0 Å². The fraction of sp³-hybridized carbons (Fsp3) is 0.0667. The van der Waals surface area contributed by atoms with Gasteiger partial charge in [0.15, 0.2) is 0 Å². The second-order valence-electron chi connectivity index (χ2n) is 13.9. The Kier molecular flexibility index (Phi) is 5.87. The largest absolute Gasteiger partial charge is 0.278 e. The van der Waals surface area contributed by atoms with E-state index in [0.29, 0.717) is 5.95 Å². The van der Waals surface area contributed by atoms with Gasteiger partial charge in [-0.05, 0) is 74.5 Å². The first-order valence-electron chi connectivity index (χ1n) is 17.0. The van der Waals surface area contributed by atoms with Crippen LogP contribution in [-0.2, 0) is 5.41 Å². The summed E-state index contributed by atoms with van der Waals surface area (Å²) in [5.74, 6) is 0.674. The van der Waals surface area contributed by atoms with Gasteiger partial charge in [-0.25, -0.2) is 9.97 Å². The molecule has 1 aliphatic carbocycles. The maximum absolute atomic E-state index is 5.31. The molecule has 0 N–H and O–H groups in total. The van der Waals surface area contributed by atoms with Crippen molar-refractivity contribution in [3.05, 3.63) is 157 Å². The van der Waals surface area contributed by atoms with Crippen LogP contribution < -0.4 is 5.46 Å². The molecule has 7 aromatic carbocycles. The Balaban J connectivity index is 1.23. The van der Waals surface area contributed by atoms with E-state index in [2.05, 4.69) is 166 Å². The van der Waals surface area contributed by atoms with E-state index in [1.807, 2.05) is 6.07 Å². The summed E-state index contributed by atoms with van der Waals surface area (Å²) in [5.41, 5.74) is 14.3. The van der Waals surface area contributed by atoms with Gasteiger partial charge in [-0.3, -0.25) is 4.57 Å². The van der Waals surface area contributed by atoms with Gasteiger partial charge in [0.1, 0.15) is 7.85 Å². The molecule has 0 unspecified atom stereocenters. The van der Waals surface area contributed by atoms with Crippen molar-refractivity contribution in [2.45, 2.75) is 19.3 Å². The van der Waals surface area contributed by atoms with Crippen LogP contribution in [0.3, 0.4) is 0 Å². The monoisotopic (exact) mass is 625 g/mol. The van der Waals surface area contributed by atoms with Crippen LogP contribution in [0.15, 0.2) is 146 Å². The van der Waals surface area contributed by atoms with E-state index in [4.69, 9.17) is 9.97 Å². The highest BCUT2D eigenvalue weighted by molar-refractivity contribution is 6.32. The Labute approximate surface area is 285 Å². The first-order chi connectivity index (χ1) is 24.0. The SMILES string of the molecule is Bc1ccc2c(c1)C(C)(C)c1cc(-c3ccc4c(c3)c3c5ccccc5ccc3n4-c3nc(-c4ccccc4)c4ccccc4n3)ccc1-2. The van der Waals surface area contributed by atoms with Crippen LogP contribution in [0.2, 0.25) is 0 Å². The van der Waals surface area contributed by atoms with Crippen LogP contribution in [0.1, 0.15) is 25.0 Å². The molecule has 2 heterocycles. The average molecular weight is 626 g/mol. The fourth-order valence-corrected chi connectivity index (χ4v) is 8.20. The highest BCUT2D eigenvalue weighted by Crippen LogP contribution is 2.49. The zero-order valence-electron chi connectivity index (χ0n) is 27.7. The number of hydrogen-bond acceptors (Lipinski definition) is 2. The predicted molar refractivity (Wildman–Crippen MR) is 208 cm³/mol. The molecule has 0 saturated heterocycles. The van der Waals surface area contributed by atoms with Gasteiger partial charge in [0, 0.05) is 27.1 Å². The molecule has 2 aromatic heterocycles. The number of benzene rings is 7. The smallest absolute Gasteiger partial charge is 0.235 e. The fourth-order valence-electron chi connectivity index (χ4n) is 8.20. The van der Waals surface area contributed by atoms with Crippen molar-refractivity contribution in [3.63, 3.8) is 0 Å². The topological polar surface area (TPSA) is 30.7 Å². The summed E-state index contributed by atoms with van der Waals surface area (Å²) in [6, 6.07) is 52.7. The van der Waals surface area contributed by atoms with E-state index in [1.165, 1.54) is 60.4 Å². The normalized spacial score (nSPS) is 13.3. The highest BCUT2D eigenvalue weighted by Gasteiger charge is 2.35. The minimum absolute atomic E-state index is 0.0626. The first-order valence-corrected chi connectivity index (χ1v) is 17.0. The zero-order chi connectivity index (χ0) is 32.9. The van der Waals surface area contributed by atoms with E-state index in [-0.39, 0.29) is 5.41 Å². The van der Waals surface area contributed by atoms with Crippen molar-refractivity contribution in [2.24, 2.45) is 0 Å². The van der Waals surface area contributed by atoms with Crippen LogP contribution in [0, 0.1) is 0 Å². The molecule has 49 heavy (non-hydrogen) atoms. The van der Waals surface area contributed by atoms with Crippen molar-refractivity contribution in [3.8, 4) is 39.5 Å². The zero-order valence-corrected chi connectivity index (χ0v) is 27.7. The molecule has 0 bridgehead atoms. The van der Waals surface area contributed by atoms with Crippen LogP contribution in [0.4, 0.5) is 0 Å². The summed E-state index contributed by atoms with van der Waals surface area (Å²) in [4.78, 5) is 10.5. The molecule has 0 saturated carbocycles. The van der Waals surface area contributed by atoms with Crippen molar-refractivity contribution in [1.29, 1.82) is 0 Å². The Morgan fingerprint density at radius 2 is 1.20 bits per heavy atom. The van der Waals surface area contributed by atoms with Gasteiger partial charge in [0.2, 0.25) is 5.95 Å². The van der Waals surface area contributed by atoms with Crippen molar-refractivity contribution in [2.75, 3.05) is 0 Å². The number of rotatable bonds is 3. The maximum atomic E-state index is 5.31. The molecular formula is C45H32BN3. The lowest BCUT2D eigenvalue weighted by atomic mass is 9.79. The van der Waals surface area contributed by atoms with Crippen LogP contribution in [-0.4, -0.2) is 22.4 Å². The van der Waals surface area contributed by atoms with Crippen LogP contribution >= 0.6 is 0 Å². The van der Waals surface area contributed by atoms with Crippen LogP contribution in [0.25, 0.3) is 82.9 Å². The Bertz CT molecular complexity index is 2810. The van der Waals surface area contributed by atoms with Gasteiger partial charge >= 0.3 is 0 Å². The van der Waals surface area contributed by atoms with E-state index in [1.54, 1.807) is 0 Å². The lowest BCUT2D eigenvalue weighted by Crippen LogP contribution is -2.17. The van der Waals surface area contributed by atoms with E-state index < -0.39 is 0 Å². The molecule has 0 amide bonds. The summed E-state index contributed by atoms with van der Waals surface area (Å²) >= 11 is 0. The van der Waals surface area contributed by atoms with Crippen molar-refractivity contribution >= 4 is 56.8 Å². The lowest BCUT2D eigenvalue weighted by molar-refractivity contribution is 0.661. The molecule has 3 nitrogen and oxygen atoms in total. The minimum atomic E-state index is -0.0626. The van der Waals surface area contributed by atoms with Gasteiger partial charge in [-0.2, -0.15) is 0 Å². The second kappa shape index (κ2) is 10.3. The van der Waals surface area contributed by atoms with Gasteiger partial charge in [-0.15, -0.1) is 0 Å². The lowest BCUT2D eigenvalue weighted by Gasteiger charge is -2.22. The number of nitrogens with zero attached hydrogens (tertiary/aromatic N) is 3. The Morgan fingerprint density at radius 1 is 0.531 bits per heavy atom. The molecule has 10 rings (SSSR count).